The maximum absolute atomic E-state index is 6.06. The van der Waals surface area contributed by atoms with Crippen molar-refractivity contribution in [1.29, 1.82) is 0 Å². The van der Waals surface area contributed by atoms with Gasteiger partial charge in [-0.15, -0.1) is 24.0 Å². The molecule has 3 rings (SSSR count). The lowest BCUT2D eigenvalue weighted by Crippen LogP contribution is -2.24. The topological polar surface area (TPSA) is 59.6 Å². The summed E-state index contributed by atoms with van der Waals surface area (Å²) in [5.41, 5.74) is 11.3. The number of hydrogen-bond acceptors (Lipinski definition) is 2. The van der Waals surface area contributed by atoms with Crippen LogP contribution in [0.4, 0.5) is 5.69 Å². The van der Waals surface area contributed by atoms with Gasteiger partial charge in [0.15, 0.2) is 5.96 Å². The molecule has 0 aliphatic heterocycles. The lowest BCUT2D eigenvalue weighted by molar-refractivity contribution is 0.117. The van der Waals surface area contributed by atoms with Crippen molar-refractivity contribution in [3.05, 3.63) is 65.2 Å². The first kappa shape index (κ1) is 21.7. The van der Waals surface area contributed by atoms with Crippen LogP contribution in [0.15, 0.2) is 53.5 Å². The summed E-state index contributed by atoms with van der Waals surface area (Å²) in [5.74, 6) is 0.508. The van der Waals surface area contributed by atoms with Crippen molar-refractivity contribution in [2.24, 2.45) is 10.7 Å². The number of halogens is 1. The van der Waals surface area contributed by atoms with Crippen LogP contribution >= 0.6 is 24.0 Å². The highest BCUT2D eigenvalue weighted by atomic mass is 127. The standard InChI is InChI=1S/C22H29N3O.HI/c23-22(25-21-14-8-12-19-11-4-5-13-20(19)21)24-15-6-7-16-26-17-18-9-2-1-3-10-18;/h1-3,8-10,12,14H,4-7,11,13,15-17H2,(H3,23,24,25);1H. The van der Waals surface area contributed by atoms with Crippen molar-refractivity contribution >= 4 is 35.6 Å². The number of rotatable bonds is 8. The normalized spacial score (nSPS) is 13.6. The summed E-state index contributed by atoms with van der Waals surface area (Å²) in [5, 5.41) is 3.29. The Bertz CT molecular complexity index is 719. The van der Waals surface area contributed by atoms with Gasteiger partial charge in [0.2, 0.25) is 0 Å². The molecule has 0 bridgehead atoms. The van der Waals surface area contributed by atoms with E-state index in [9.17, 15) is 0 Å². The molecule has 0 radical (unpaired) electrons. The third kappa shape index (κ3) is 7.14. The van der Waals surface area contributed by atoms with E-state index in [1.165, 1.54) is 36.0 Å². The molecule has 0 heterocycles. The monoisotopic (exact) mass is 479 g/mol. The van der Waals surface area contributed by atoms with E-state index in [0.717, 1.165) is 38.1 Å². The van der Waals surface area contributed by atoms with E-state index in [1.54, 1.807) is 0 Å². The summed E-state index contributed by atoms with van der Waals surface area (Å²) >= 11 is 0. The number of ether oxygens (including phenoxy) is 1. The Balaban J connectivity index is 0.00000261. The number of nitrogens with two attached hydrogens (primary N) is 1. The van der Waals surface area contributed by atoms with Gasteiger partial charge in [0.05, 0.1) is 6.61 Å². The maximum Gasteiger partial charge on any atom is 0.193 e. The smallest absolute Gasteiger partial charge is 0.193 e. The van der Waals surface area contributed by atoms with Crippen LogP contribution in [0, 0.1) is 0 Å². The Labute approximate surface area is 179 Å². The second kappa shape index (κ2) is 12.0. The van der Waals surface area contributed by atoms with Crippen molar-refractivity contribution in [2.75, 3.05) is 18.5 Å². The number of hydrogen-bond donors (Lipinski definition) is 2. The molecular weight excluding hydrogens is 449 g/mol. The van der Waals surface area contributed by atoms with Gasteiger partial charge in [0.1, 0.15) is 0 Å². The lowest BCUT2D eigenvalue weighted by atomic mass is 9.90. The van der Waals surface area contributed by atoms with E-state index in [4.69, 9.17) is 10.5 Å². The molecule has 0 atom stereocenters. The van der Waals surface area contributed by atoms with Crippen molar-refractivity contribution < 1.29 is 4.74 Å². The molecule has 0 unspecified atom stereocenters. The fourth-order valence-electron chi connectivity index (χ4n) is 3.36. The molecule has 146 valence electrons. The highest BCUT2D eigenvalue weighted by Gasteiger charge is 2.12. The van der Waals surface area contributed by atoms with E-state index >= 15 is 0 Å². The molecule has 2 aromatic carbocycles. The quantitative estimate of drug-likeness (QED) is 0.245. The van der Waals surface area contributed by atoms with Gasteiger partial charge in [0, 0.05) is 18.8 Å². The molecule has 0 aromatic heterocycles. The molecule has 0 amide bonds. The third-order valence-corrected chi connectivity index (χ3v) is 4.75. The molecular formula is C22H30IN3O. The fraction of sp³-hybridized carbons (Fsp3) is 0.409. The molecule has 3 N–H and O–H groups in total. The van der Waals surface area contributed by atoms with E-state index < -0.39 is 0 Å². The van der Waals surface area contributed by atoms with Gasteiger partial charge in [-0.3, -0.25) is 4.99 Å². The molecule has 1 aliphatic rings. The van der Waals surface area contributed by atoms with Gasteiger partial charge in [0.25, 0.3) is 0 Å². The Morgan fingerprint density at radius 1 is 1.00 bits per heavy atom. The van der Waals surface area contributed by atoms with Gasteiger partial charge in [-0.1, -0.05) is 42.5 Å². The number of nitrogens with one attached hydrogen (secondary N) is 1. The lowest BCUT2D eigenvalue weighted by Gasteiger charge is -2.19. The van der Waals surface area contributed by atoms with Gasteiger partial charge in [-0.25, -0.2) is 0 Å². The fourth-order valence-corrected chi connectivity index (χ4v) is 3.36. The second-order valence-electron chi connectivity index (χ2n) is 6.79. The van der Waals surface area contributed by atoms with E-state index in [-0.39, 0.29) is 24.0 Å². The van der Waals surface area contributed by atoms with Crippen LogP contribution in [0.2, 0.25) is 0 Å². The predicted octanol–water partition coefficient (Wildman–Crippen LogP) is 4.91. The van der Waals surface area contributed by atoms with Crippen LogP contribution in [0.5, 0.6) is 0 Å². The zero-order valence-electron chi connectivity index (χ0n) is 15.8. The van der Waals surface area contributed by atoms with Gasteiger partial charge < -0.3 is 15.8 Å². The van der Waals surface area contributed by atoms with Crippen LogP contribution < -0.4 is 11.1 Å². The third-order valence-electron chi connectivity index (χ3n) is 4.75. The number of guanidine groups is 1. The molecule has 0 spiro atoms. The summed E-state index contributed by atoms with van der Waals surface area (Å²) in [7, 11) is 0. The van der Waals surface area contributed by atoms with Crippen molar-refractivity contribution in [2.45, 2.75) is 45.1 Å². The summed E-state index contributed by atoms with van der Waals surface area (Å²) in [6, 6.07) is 16.7. The molecule has 0 saturated carbocycles. The Morgan fingerprint density at radius 3 is 2.67 bits per heavy atom. The van der Waals surface area contributed by atoms with Gasteiger partial charge in [-0.2, -0.15) is 0 Å². The first-order chi connectivity index (χ1) is 12.8. The van der Waals surface area contributed by atoms with Crippen LogP contribution in [-0.4, -0.2) is 19.1 Å². The summed E-state index contributed by atoms with van der Waals surface area (Å²) < 4.78 is 5.69. The number of benzene rings is 2. The van der Waals surface area contributed by atoms with E-state index in [0.29, 0.717) is 12.6 Å². The maximum atomic E-state index is 6.06. The number of fused-ring (bicyclic) bond motifs is 1. The number of aryl methyl sites for hydroxylation is 1. The minimum atomic E-state index is 0. The average Bonchev–Trinajstić information content (AvgIpc) is 2.68. The molecule has 1 aliphatic carbocycles. The van der Waals surface area contributed by atoms with Gasteiger partial charge in [-0.05, 0) is 61.3 Å². The molecule has 0 fully saturated rings. The molecule has 5 heteroatoms. The molecule has 0 saturated heterocycles. The second-order valence-corrected chi connectivity index (χ2v) is 6.79. The highest BCUT2D eigenvalue weighted by Crippen LogP contribution is 2.27. The SMILES string of the molecule is I.NC(=NCCCCOCc1ccccc1)Nc1cccc2c1CCCC2. The highest BCUT2D eigenvalue weighted by molar-refractivity contribution is 14.0. The van der Waals surface area contributed by atoms with E-state index in [1.807, 2.05) is 18.2 Å². The number of aliphatic imine (C=N–C) groups is 1. The minimum absolute atomic E-state index is 0. The molecule has 27 heavy (non-hydrogen) atoms. The summed E-state index contributed by atoms with van der Waals surface area (Å²) in [6.07, 6.45) is 6.81. The number of anilines is 1. The van der Waals surface area contributed by atoms with Crippen LogP contribution in [0.25, 0.3) is 0 Å². The zero-order chi connectivity index (χ0) is 18.0. The summed E-state index contributed by atoms with van der Waals surface area (Å²) in [4.78, 5) is 4.45. The number of unbranched alkanes of at least 4 members (excludes halogenated alkanes) is 1. The predicted molar refractivity (Wildman–Crippen MR) is 124 cm³/mol. The average molecular weight is 479 g/mol. The zero-order valence-corrected chi connectivity index (χ0v) is 18.2. The van der Waals surface area contributed by atoms with Gasteiger partial charge >= 0.3 is 0 Å². The van der Waals surface area contributed by atoms with Crippen LogP contribution in [0.1, 0.15) is 42.4 Å². The minimum Gasteiger partial charge on any atom is -0.377 e. The summed E-state index contributed by atoms with van der Waals surface area (Å²) in [6.45, 7) is 2.15. The Kier molecular flexibility index (Phi) is 9.62. The van der Waals surface area contributed by atoms with Crippen molar-refractivity contribution in [3.8, 4) is 0 Å². The first-order valence-corrected chi connectivity index (χ1v) is 9.62. The Morgan fingerprint density at radius 2 is 1.81 bits per heavy atom. The van der Waals surface area contributed by atoms with E-state index in [2.05, 4.69) is 40.6 Å². The molecule has 4 nitrogen and oxygen atoms in total. The van der Waals surface area contributed by atoms with Crippen LogP contribution in [0.3, 0.4) is 0 Å². The van der Waals surface area contributed by atoms with Crippen molar-refractivity contribution in [1.82, 2.24) is 0 Å². The molecule has 2 aromatic rings. The largest absolute Gasteiger partial charge is 0.377 e. The van der Waals surface area contributed by atoms with Crippen LogP contribution in [-0.2, 0) is 24.2 Å². The first-order valence-electron chi connectivity index (χ1n) is 9.62. The number of nitrogens with zero attached hydrogens (tertiary/aromatic N) is 1. The van der Waals surface area contributed by atoms with Crippen molar-refractivity contribution in [3.63, 3.8) is 0 Å². The Hall–Kier alpha value is -1.60.